The molecule has 0 aromatic carbocycles. The highest BCUT2D eigenvalue weighted by atomic mass is 15.1. The van der Waals surface area contributed by atoms with Gasteiger partial charge in [0.15, 0.2) is 0 Å². The van der Waals surface area contributed by atoms with Crippen molar-refractivity contribution in [1.29, 1.82) is 0 Å². The molecule has 1 saturated heterocycles. The summed E-state index contributed by atoms with van der Waals surface area (Å²) < 4.78 is 0. The monoisotopic (exact) mass is 198 g/mol. The van der Waals surface area contributed by atoms with Crippen LogP contribution < -0.4 is 5.32 Å². The number of rotatable bonds is 5. The summed E-state index contributed by atoms with van der Waals surface area (Å²) in [7, 11) is 0. The first-order valence-corrected chi connectivity index (χ1v) is 6.33. The summed E-state index contributed by atoms with van der Waals surface area (Å²) in [5.41, 5.74) is 0. The smallest absolute Gasteiger partial charge is 0.0108 e. The Morgan fingerprint density at radius 1 is 1.21 bits per heavy atom. The van der Waals surface area contributed by atoms with Gasteiger partial charge in [0.05, 0.1) is 0 Å². The van der Waals surface area contributed by atoms with E-state index in [0.717, 1.165) is 6.04 Å². The van der Waals surface area contributed by atoms with Crippen LogP contribution in [0.5, 0.6) is 0 Å². The van der Waals surface area contributed by atoms with Gasteiger partial charge < -0.3 is 10.2 Å². The third-order valence-electron chi connectivity index (χ3n) is 3.27. The number of nitrogens with zero attached hydrogens (tertiary/aromatic N) is 1. The van der Waals surface area contributed by atoms with Gasteiger partial charge in [-0.05, 0) is 51.9 Å². The molecule has 14 heavy (non-hydrogen) atoms. The van der Waals surface area contributed by atoms with Gasteiger partial charge >= 0.3 is 0 Å². The molecule has 0 spiro atoms. The fourth-order valence-electron chi connectivity index (χ4n) is 2.33. The molecule has 1 N–H and O–H groups in total. The zero-order chi connectivity index (χ0) is 10.2. The first-order chi connectivity index (χ1) is 6.88. The highest BCUT2D eigenvalue weighted by Gasteiger charge is 2.17. The highest BCUT2D eigenvalue weighted by molar-refractivity contribution is 4.75. The Labute approximate surface area is 89.1 Å². The Morgan fingerprint density at radius 3 is 2.79 bits per heavy atom. The molecule has 84 valence electrons. The lowest BCUT2D eigenvalue weighted by molar-refractivity contribution is 0.188. The lowest BCUT2D eigenvalue weighted by Gasteiger charge is -2.29. The molecule has 0 amide bonds. The Morgan fingerprint density at radius 2 is 2.07 bits per heavy atom. The van der Waals surface area contributed by atoms with Crippen LogP contribution in [0.2, 0.25) is 0 Å². The van der Waals surface area contributed by atoms with Gasteiger partial charge in [-0.2, -0.15) is 0 Å². The first kappa shape index (κ1) is 12.0. The van der Waals surface area contributed by atoms with Crippen LogP contribution in [0.4, 0.5) is 0 Å². The predicted molar refractivity (Wildman–Crippen MR) is 62.7 cm³/mol. The van der Waals surface area contributed by atoms with Crippen molar-refractivity contribution in [3.05, 3.63) is 0 Å². The Bertz CT molecular complexity index is 128. The van der Waals surface area contributed by atoms with E-state index in [1.54, 1.807) is 0 Å². The molecule has 1 aliphatic heterocycles. The van der Waals surface area contributed by atoms with Gasteiger partial charge in [0.25, 0.3) is 0 Å². The number of nitrogens with one attached hydrogen (secondary N) is 1. The topological polar surface area (TPSA) is 15.3 Å². The summed E-state index contributed by atoms with van der Waals surface area (Å²) in [6.45, 7) is 9.55. The fraction of sp³-hybridized carbons (Fsp3) is 1.00. The van der Waals surface area contributed by atoms with Crippen LogP contribution in [-0.4, -0.2) is 37.1 Å². The predicted octanol–water partition coefficient (Wildman–Crippen LogP) is 2.25. The van der Waals surface area contributed by atoms with Crippen LogP contribution in [0.1, 0.15) is 46.0 Å². The number of unbranched alkanes of at least 4 members (excludes halogenated alkanes) is 1. The molecule has 0 aromatic heterocycles. The standard InChI is InChI=1S/C12H26N2/c1-3-5-11-14(4-2)12-7-6-9-13-10-8-12/h12-13H,3-11H2,1-2H3. The molecule has 1 atom stereocenters. The van der Waals surface area contributed by atoms with Crippen molar-refractivity contribution >= 4 is 0 Å². The van der Waals surface area contributed by atoms with Crippen molar-refractivity contribution in [2.75, 3.05) is 26.2 Å². The molecule has 1 fully saturated rings. The van der Waals surface area contributed by atoms with Crippen molar-refractivity contribution in [1.82, 2.24) is 10.2 Å². The zero-order valence-electron chi connectivity index (χ0n) is 9.89. The van der Waals surface area contributed by atoms with Gasteiger partial charge in [0.2, 0.25) is 0 Å². The van der Waals surface area contributed by atoms with Crippen LogP contribution in [-0.2, 0) is 0 Å². The Hall–Kier alpha value is -0.0800. The van der Waals surface area contributed by atoms with E-state index in [0.29, 0.717) is 0 Å². The van der Waals surface area contributed by atoms with E-state index >= 15 is 0 Å². The van der Waals surface area contributed by atoms with Gasteiger partial charge in [0.1, 0.15) is 0 Å². The molecule has 0 radical (unpaired) electrons. The van der Waals surface area contributed by atoms with E-state index in [-0.39, 0.29) is 0 Å². The molecule has 2 nitrogen and oxygen atoms in total. The van der Waals surface area contributed by atoms with Crippen molar-refractivity contribution in [2.24, 2.45) is 0 Å². The maximum Gasteiger partial charge on any atom is 0.0108 e. The molecule has 1 heterocycles. The minimum absolute atomic E-state index is 0.849. The third kappa shape index (κ3) is 3.97. The highest BCUT2D eigenvalue weighted by Crippen LogP contribution is 2.13. The summed E-state index contributed by atoms with van der Waals surface area (Å²) >= 11 is 0. The second-order valence-corrected chi connectivity index (χ2v) is 4.32. The number of hydrogen-bond acceptors (Lipinski definition) is 2. The lowest BCUT2D eigenvalue weighted by Crippen LogP contribution is -2.36. The molecule has 0 bridgehead atoms. The van der Waals surface area contributed by atoms with Crippen LogP contribution in [0.15, 0.2) is 0 Å². The summed E-state index contributed by atoms with van der Waals surface area (Å²) in [4.78, 5) is 2.68. The molecule has 1 unspecified atom stereocenters. The lowest BCUT2D eigenvalue weighted by atomic mass is 10.1. The molecule has 0 saturated carbocycles. The van der Waals surface area contributed by atoms with Gasteiger partial charge in [-0.15, -0.1) is 0 Å². The summed E-state index contributed by atoms with van der Waals surface area (Å²) in [5.74, 6) is 0. The number of hydrogen-bond donors (Lipinski definition) is 1. The quantitative estimate of drug-likeness (QED) is 0.729. The molecule has 0 aromatic rings. The Balaban J connectivity index is 2.32. The molecule has 1 aliphatic rings. The second kappa shape index (κ2) is 7.24. The third-order valence-corrected chi connectivity index (χ3v) is 3.27. The van der Waals surface area contributed by atoms with Crippen LogP contribution in [0.25, 0.3) is 0 Å². The molecular formula is C12H26N2. The summed E-state index contributed by atoms with van der Waals surface area (Å²) in [6, 6.07) is 0.849. The van der Waals surface area contributed by atoms with Crippen LogP contribution >= 0.6 is 0 Å². The van der Waals surface area contributed by atoms with Crippen LogP contribution in [0, 0.1) is 0 Å². The van der Waals surface area contributed by atoms with Crippen molar-refractivity contribution in [3.63, 3.8) is 0 Å². The van der Waals surface area contributed by atoms with E-state index in [4.69, 9.17) is 0 Å². The average molecular weight is 198 g/mol. The minimum Gasteiger partial charge on any atom is -0.317 e. The Kier molecular flexibility index (Phi) is 6.20. The molecular weight excluding hydrogens is 172 g/mol. The van der Waals surface area contributed by atoms with Crippen LogP contribution in [0.3, 0.4) is 0 Å². The molecule has 2 heteroatoms. The van der Waals surface area contributed by atoms with Gasteiger partial charge in [-0.3, -0.25) is 0 Å². The molecule has 0 aliphatic carbocycles. The summed E-state index contributed by atoms with van der Waals surface area (Å²) in [5, 5.41) is 3.49. The normalized spacial score (nSPS) is 23.8. The second-order valence-electron chi connectivity index (χ2n) is 4.32. The largest absolute Gasteiger partial charge is 0.317 e. The van der Waals surface area contributed by atoms with Gasteiger partial charge in [0, 0.05) is 6.04 Å². The zero-order valence-corrected chi connectivity index (χ0v) is 9.89. The maximum absolute atomic E-state index is 3.49. The maximum atomic E-state index is 3.49. The first-order valence-electron chi connectivity index (χ1n) is 6.33. The van der Waals surface area contributed by atoms with E-state index in [9.17, 15) is 0 Å². The average Bonchev–Trinajstić information content (AvgIpc) is 2.48. The van der Waals surface area contributed by atoms with E-state index in [1.165, 1.54) is 58.3 Å². The fourth-order valence-corrected chi connectivity index (χ4v) is 2.33. The van der Waals surface area contributed by atoms with E-state index < -0.39 is 0 Å². The van der Waals surface area contributed by atoms with Crippen molar-refractivity contribution in [2.45, 2.75) is 52.0 Å². The van der Waals surface area contributed by atoms with Gasteiger partial charge in [-0.1, -0.05) is 20.3 Å². The molecule has 1 rings (SSSR count). The van der Waals surface area contributed by atoms with Crippen molar-refractivity contribution in [3.8, 4) is 0 Å². The van der Waals surface area contributed by atoms with E-state index in [2.05, 4.69) is 24.1 Å². The van der Waals surface area contributed by atoms with Gasteiger partial charge in [-0.25, -0.2) is 0 Å². The van der Waals surface area contributed by atoms with Crippen molar-refractivity contribution < 1.29 is 0 Å². The SMILES string of the molecule is CCCCN(CC)C1CCCNCC1. The minimum atomic E-state index is 0.849. The van der Waals surface area contributed by atoms with E-state index in [1.807, 2.05) is 0 Å². The summed E-state index contributed by atoms with van der Waals surface area (Å²) in [6.07, 6.45) is 6.77.